The zero-order valence-electron chi connectivity index (χ0n) is 24.5. The number of carbonyl (C=O) groups excluding carboxylic acids is 1. The van der Waals surface area contributed by atoms with E-state index in [1.165, 1.54) is 11.3 Å². The summed E-state index contributed by atoms with van der Waals surface area (Å²) in [7, 11) is 1.61. The van der Waals surface area contributed by atoms with E-state index >= 15 is 0 Å². The number of hydrogen-bond acceptors (Lipinski definition) is 6. The van der Waals surface area contributed by atoms with Crippen LogP contribution in [0.1, 0.15) is 49.3 Å². The van der Waals surface area contributed by atoms with Crippen molar-refractivity contribution in [2.75, 3.05) is 26.7 Å². The van der Waals surface area contributed by atoms with Gasteiger partial charge >= 0.3 is 0 Å². The molecule has 0 saturated carbocycles. The number of carbonyl (C=O) groups is 1. The number of allylic oxidation sites excluding steroid dienone is 1. The summed E-state index contributed by atoms with van der Waals surface area (Å²) >= 11 is 7.48. The molecule has 1 N–H and O–H groups in total. The van der Waals surface area contributed by atoms with Crippen molar-refractivity contribution in [3.8, 4) is 33.3 Å². The first-order valence-electron chi connectivity index (χ1n) is 14.1. The molecule has 2 aromatic carbocycles. The summed E-state index contributed by atoms with van der Waals surface area (Å²) in [6, 6.07) is 15.1. The van der Waals surface area contributed by atoms with Gasteiger partial charge in [-0.3, -0.25) is 14.2 Å². The first-order chi connectivity index (χ1) is 20.2. The van der Waals surface area contributed by atoms with Crippen molar-refractivity contribution in [3.05, 3.63) is 91.7 Å². The van der Waals surface area contributed by atoms with Crippen molar-refractivity contribution in [1.82, 2.24) is 19.8 Å². The highest BCUT2D eigenvalue weighted by molar-refractivity contribution is 7.13. The molecule has 4 aromatic rings. The smallest absolute Gasteiger partial charge is 0.265 e. The third-order valence-electron chi connectivity index (χ3n) is 7.34. The van der Waals surface area contributed by atoms with Gasteiger partial charge in [-0.05, 0) is 63.1 Å². The van der Waals surface area contributed by atoms with Crippen molar-refractivity contribution in [2.45, 2.75) is 40.2 Å². The van der Waals surface area contributed by atoms with Gasteiger partial charge < -0.3 is 15.0 Å². The molecular weight excluding hydrogens is 568 g/mol. The van der Waals surface area contributed by atoms with Crippen LogP contribution in [0, 0.1) is 0 Å². The minimum absolute atomic E-state index is 0.110. The summed E-state index contributed by atoms with van der Waals surface area (Å²) in [5, 5.41) is 6.52. The normalized spacial score (nSPS) is 15.0. The average molecular weight is 603 g/mol. The van der Waals surface area contributed by atoms with Crippen LogP contribution in [0.4, 0.5) is 0 Å². The molecule has 1 amide bonds. The number of nitrogens with zero attached hydrogens (tertiary/aromatic N) is 3. The first-order valence-corrected chi connectivity index (χ1v) is 15.3. The Bertz CT molecular complexity index is 1700. The molecule has 0 unspecified atom stereocenters. The topological polar surface area (TPSA) is 76.5 Å². The molecule has 5 rings (SSSR count). The number of aromatic nitrogens is 2. The Labute approximate surface area is 255 Å². The summed E-state index contributed by atoms with van der Waals surface area (Å²) in [5.74, 6) is 0.520. The van der Waals surface area contributed by atoms with Crippen molar-refractivity contribution in [2.24, 2.45) is 0 Å². The zero-order valence-corrected chi connectivity index (χ0v) is 26.1. The number of rotatable bonds is 7. The summed E-state index contributed by atoms with van der Waals surface area (Å²) in [6.07, 6.45) is 2.62. The van der Waals surface area contributed by atoms with Crippen LogP contribution in [0.25, 0.3) is 33.6 Å². The molecule has 0 spiro atoms. The minimum atomic E-state index is -0.243. The van der Waals surface area contributed by atoms with Crippen molar-refractivity contribution in [3.63, 3.8) is 0 Å². The SMILES string of the molecule is CCc1ccc(OC)cc1-n1c(C=C(C)C)c(C(=O)N2CCN[C@H](C)C2)cc(-c2nc(-c3ccc(Cl)cc3)cs2)c1=O. The van der Waals surface area contributed by atoms with Crippen LogP contribution in [0.3, 0.4) is 0 Å². The number of benzene rings is 2. The Morgan fingerprint density at radius 3 is 2.62 bits per heavy atom. The predicted octanol–water partition coefficient (Wildman–Crippen LogP) is 6.71. The molecule has 1 atom stereocenters. The van der Waals surface area contributed by atoms with Gasteiger partial charge in [0.15, 0.2) is 0 Å². The van der Waals surface area contributed by atoms with E-state index in [2.05, 4.69) is 12.2 Å². The Kier molecular flexibility index (Phi) is 8.96. The lowest BCUT2D eigenvalue weighted by Crippen LogP contribution is -2.51. The van der Waals surface area contributed by atoms with E-state index in [-0.39, 0.29) is 17.5 Å². The number of methoxy groups -OCH3 is 1. The van der Waals surface area contributed by atoms with E-state index < -0.39 is 0 Å². The lowest BCUT2D eigenvalue weighted by molar-refractivity contribution is 0.0708. The molecule has 1 aliphatic heterocycles. The number of pyridine rings is 1. The van der Waals surface area contributed by atoms with E-state index in [1.54, 1.807) is 17.7 Å². The van der Waals surface area contributed by atoms with Gasteiger partial charge in [-0.1, -0.05) is 42.3 Å². The number of ether oxygens (including phenoxy) is 1. The minimum Gasteiger partial charge on any atom is -0.497 e. The molecule has 0 bridgehead atoms. The number of hydrogen-bond donors (Lipinski definition) is 1. The molecule has 0 radical (unpaired) electrons. The van der Waals surface area contributed by atoms with Crippen molar-refractivity contribution in [1.29, 1.82) is 0 Å². The molecule has 1 aliphatic rings. The first kappa shape index (κ1) is 29.8. The van der Waals surface area contributed by atoms with Gasteiger partial charge in [0.25, 0.3) is 11.5 Å². The summed E-state index contributed by atoms with van der Waals surface area (Å²) < 4.78 is 7.24. The second kappa shape index (κ2) is 12.7. The summed E-state index contributed by atoms with van der Waals surface area (Å²) in [4.78, 5) is 35.5. The molecular formula is C33H35ClN4O3S. The third-order valence-corrected chi connectivity index (χ3v) is 8.47. The molecule has 1 saturated heterocycles. The molecule has 42 heavy (non-hydrogen) atoms. The van der Waals surface area contributed by atoms with Crippen LogP contribution in [0.2, 0.25) is 5.02 Å². The fraction of sp³-hybridized carbons (Fsp3) is 0.303. The second-order valence-corrected chi connectivity index (χ2v) is 12.0. The van der Waals surface area contributed by atoms with Gasteiger partial charge in [0, 0.05) is 47.7 Å². The molecule has 7 nitrogen and oxygen atoms in total. The Hall–Kier alpha value is -3.72. The molecule has 0 aliphatic carbocycles. The number of amides is 1. The van der Waals surface area contributed by atoms with Gasteiger partial charge in [0.2, 0.25) is 0 Å². The van der Waals surface area contributed by atoms with E-state index in [4.69, 9.17) is 21.3 Å². The third kappa shape index (κ3) is 6.07. The summed E-state index contributed by atoms with van der Waals surface area (Å²) in [6.45, 7) is 9.94. The van der Waals surface area contributed by atoms with Gasteiger partial charge in [0.05, 0.1) is 35.3 Å². The Balaban J connectivity index is 1.80. The Morgan fingerprint density at radius 2 is 1.95 bits per heavy atom. The maximum Gasteiger partial charge on any atom is 0.265 e. The highest BCUT2D eigenvalue weighted by Crippen LogP contribution is 2.32. The van der Waals surface area contributed by atoms with E-state index in [9.17, 15) is 9.59 Å². The maximum absolute atomic E-state index is 14.5. The predicted molar refractivity (Wildman–Crippen MR) is 172 cm³/mol. The summed E-state index contributed by atoms with van der Waals surface area (Å²) in [5.41, 5.74) is 5.42. The van der Waals surface area contributed by atoms with E-state index in [0.717, 1.165) is 22.4 Å². The van der Waals surface area contributed by atoms with Crippen LogP contribution in [0.15, 0.2) is 64.3 Å². The van der Waals surface area contributed by atoms with Crippen LogP contribution >= 0.6 is 22.9 Å². The fourth-order valence-electron chi connectivity index (χ4n) is 5.23. The van der Waals surface area contributed by atoms with Crippen LogP contribution < -0.4 is 15.6 Å². The highest BCUT2D eigenvalue weighted by Gasteiger charge is 2.28. The maximum atomic E-state index is 14.5. The molecule has 218 valence electrons. The van der Waals surface area contributed by atoms with Crippen LogP contribution in [-0.2, 0) is 6.42 Å². The average Bonchev–Trinajstić information content (AvgIpc) is 3.47. The lowest BCUT2D eigenvalue weighted by atomic mass is 10.0. The van der Waals surface area contributed by atoms with Gasteiger partial charge in [-0.2, -0.15) is 0 Å². The van der Waals surface area contributed by atoms with Crippen LogP contribution in [-0.4, -0.2) is 53.1 Å². The van der Waals surface area contributed by atoms with E-state index in [1.807, 2.05) is 79.6 Å². The van der Waals surface area contributed by atoms with Crippen molar-refractivity contribution >= 4 is 34.9 Å². The lowest BCUT2D eigenvalue weighted by Gasteiger charge is -2.32. The highest BCUT2D eigenvalue weighted by atomic mass is 35.5. The quantitative estimate of drug-likeness (QED) is 0.254. The zero-order chi connectivity index (χ0) is 30.0. The number of halogens is 1. The Morgan fingerprint density at radius 1 is 1.19 bits per heavy atom. The number of piperazine rings is 1. The fourth-order valence-corrected chi connectivity index (χ4v) is 6.19. The van der Waals surface area contributed by atoms with Gasteiger partial charge in [-0.15, -0.1) is 11.3 Å². The standard InChI is InChI=1S/C33H35ClN4O3S/c1-6-22-9-12-25(41-5)16-29(22)38-30(15-20(2)3)26(32(39)37-14-13-35-21(4)18-37)17-27(33(38)40)31-36-28(19-42-31)23-7-10-24(34)11-8-23/h7-12,15-17,19,21,35H,6,13-14,18H2,1-5H3/t21-/m1/s1. The second-order valence-electron chi connectivity index (χ2n) is 10.7. The molecule has 3 heterocycles. The van der Waals surface area contributed by atoms with Crippen molar-refractivity contribution < 1.29 is 9.53 Å². The molecule has 1 fully saturated rings. The van der Waals surface area contributed by atoms with Crippen LogP contribution in [0.5, 0.6) is 5.75 Å². The molecule has 2 aromatic heterocycles. The van der Waals surface area contributed by atoms with E-state index in [0.29, 0.717) is 64.3 Å². The van der Waals surface area contributed by atoms with Gasteiger partial charge in [0.1, 0.15) is 10.8 Å². The number of aryl methyl sites for hydroxylation is 1. The number of nitrogens with one attached hydrogen (secondary N) is 1. The number of thiazole rings is 1. The monoisotopic (exact) mass is 602 g/mol. The molecule has 9 heteroatoms. The largest absolute Gasteiger partial charge is 0.497 e. The van der Waals surface area contributed by atoms with Gasteiger partial charge in [-0.25, -0.2) is 4.98 Å².